The lowest BCUT2D eigenvalue weighted by atomic mass is 10.0. The van der Waals surface area contributed by atoms with Crippen molar-refractivity contribution < 1.29 is 13.2 Å². The van der Waals surface area contributed by atoms with Gasteiger partial charge in [0.25, 0.3) is 0 Å². The number of aromatic nitrogens is 1. The van der Waals surface area contributed by atoms with Crippen molar-refractivity contribution in [1.82, 2.24) is 9.88 Å². The first-order valence-electron chi connectivity index (χ1n) is 8.76. The van der Waals surface area contributed by atoms with E-state index >= 15 is 0 Å². The smallest absolute Gasteiger partial charge is 0.152 e. The van der Waals surface area contributed by atoms with Crippen LogP contribution in [0.2, 0.25) is 0 Å². The van der Waals surface area contributed by atoms with E-state index in [9.17, 15) is 8.42 Å². The Hall–Kier alpha value is -1.96. The zero-order chi connectivity index (χ0) is 18.4. The van der Waals surface area contributed by atoms with E-state index in [0.29, 0.717) is 19.7 Å². The van der Waals surface area contributed by atoms with Crippen molar-refractivity contribution in [1.29, 1.82) is 0 Å². The van der Waals surface area contributed by atoms with Crippen LogP contribution < -0.4 is 5.32 Å². The highest BCUT2D eigenvalue weighted by Gasteiger charge is 2.21. The van der Waals surface area contributed by atoms with Crippen LogP contribution in [-0.2, 0) is 21.1 Å². The van der Waals surface area contributed by atoms with Crippen molar-refractivity contribution in [2.75, 3.05) is 50.2 Å². The van der Waals surface area contributed by atoms with Gasteiger partial charge in [0.2, 0.25) is 0 Å². The molecule has 1 aliphatic rings. The summed E-state index contributed by atoms with van der Waals surface area (Å²) >= 11 is 0. The van der Waals surface area contributed by atoms with Gasteiger partial charge in [0.1, 0.15) is 0 Å². The van der Waals surface area contributed by atoms with Crippen molar-refractivity contribution >= 4 is 15.5 Å². The molecule has 0 unspecified atom stereocenters. The zero-order valence-electron chi connectivity index (χ0n) is 15.0. The standard InChI is InChI=1S/C19H25N3O3S/c1-25-9-6-21-19-12-18(13-20-14-19)17-4-2-16(3-5-17)15-22-7-10-26(23,24)11-8-22/h2-5,12-14,21H,6-11,15H2,1H3. The summed E-state index contributed by atoms with van der Waals surface area (Å²) in [6, 6.07) is 10.5. The third kappa shape index (κ3) is 5.27. The van der Waals surface area contributed by atoms with Crippen molar-refractivity contribution in [2.24, 2.45) is 0 Å². The molecule has 0 spiro atoms. The van der Waals surface area contributed by atoms with Crippen LogP contribution in [0, 0.1) is 0 Å². The molecular weight excluding hydrogens is 350 g/mol. The fourth-order valence-electron chi connectivity index (χ4n) is 2.96. The fourth-order valence-corrected chi connectivity index (χ4v) is 4.24. The Kier molecular flexibility index (Phi) is 6.24. The number of anilines is 1. The maximum absolute atomic E-state index is 11.5. The molecule has 1 fully saturated rings. The third-order valence-electron chi connectivity index (χ3n) is 4.50. The van der Waals surface area contributed by atoms with Gasteiger partial charge in [-0.15, -0.1) is 0 Å². The molecule has 1 aromatic carbocycles. The second-order valence-electron chi connectivity index (χ2n) is 6.51. The molecule has 0 amide bonds. The lowest BCUT2D eigenvalue weighted by Crippen LogP contribution is -2.39. The van der Waals surface area contributed by atoms with Gasteiger partial charge in [0, 0.05) is 51.2 Å². The topological polar surface area (TPSA) is 71.5 Å². The molecule has 2 aromatic rings. The molecule has 7 heteroatoms. The summed E-state index contributed by atoms with van der Waals surface area (Å²) in [6.45, 7) is 3.40. The molecule has 1 aromatic heterocycles. The Morgan fingerprint density at radius 2 is 1.85 bits per heavy atom. The minimum atomic E-state index is -2.83. The van der Waals surface area contributed by atoms with Crippen molar-refractivity contribution in [3.63, 3.8) is 0 Å². The molecule has 0 bridgehead atoms. The van der Waals surface area contributed by atoms with Crippen LogP contribution in [0.3, 0.4) is 0 Å². The van der Waals surface area contributed by atoms with Gasteiger partial charge in [-0.25, -0.2) is 8.42 Å². The lowest BCUT2D eigenvalue weighted by molar-refractivity contribution is 0.211. The molecule has 0 atom stereocenters. The van der Waals surface area contributed by atoms with Crippen LogP contribution in [0.1, 0.15) is 5.56 Å². The molecule has 26 heavy (non-hydrogen) atoms. The quantitative estimate of drug-likeness (QED) is 0.747. The molecule has 140 valence electrons. The molecule has 2 heterocycles. The van der Waals surface area contributed by atoms with E-state index in [1.165, 1.54) is 5.56 Å². The summed E-state index contributed by atoms with van der Waals surface area (Å²) in [4.78, 5) is 6.49. The number of benzene rings is 1. The first-order chi connectivity index (χ1) is 12.6. The summed E-state index contributed by atoms with van der Waals surface area (Å²) in [5, 5.41) is 3.28. The summed E-state index contributed by atoms with van der Waals surface area (Å²) in [6.07, 6.45) is 3.66. The number of ether oxygens (including phenoxy) is 1. The maximum Gasteiger partial charge on any atom is 0.152 e. The molecule has 1 N–H and O–H groups in total. The Bertz CT molecular complexity index is 808. The number of sulfone groups is 1. The normalized spacial score (nSPS) is 17.1. The van der Waals surface area contributed by atoms with Gasteiger partial charge in [-0.05, 0) is 17.2 Å². The number of nitrogens with one attached hydrogen (secondary N) is 1. The van der Waals surface area contributed by atoms with Crippen molar-refractivity contribution in [3.05, 3.63) is 48.3 Å². The van der Waals surface area contributed by atoms with Crippen molar-refractivity contribution in [3.8, 4) is 11.1 Å². The molecule has 0 aliphatic carbocycles. The van der Waals surface area contributed by atoms with Crippen LogP contribution in [0.4, 0.5) is 5.69 Å². The second kappa shape index (κ2) is 8.62. The lowest BCUT2D eigenvalue weighted by Gasteiger charge is -2.26. The summed E-state index contributed by atoms with van der Waals surface area (Å²) in [7, 11) is -1.14. The Balaban J connectivity index is 1.61. The van der Waals surface area contributed by atoms with Crippen LogP contribution in [-0.4, -0.2) is 63.2 Å². The van der Waals surface area contributed by atoms with E-state index in [0.717, 1.165) is 29.9 Å². The van der Waals surface area contributed by atoms with E-state index in [2.05, 4.69) is 45.5 Å². The average molecular weight is 375 g/mol. The maximum atomic E-state index is 11.5. The Labute approximate surface area is 155 Å². The van der Waals surface area contributed by atoms with Gasteiger partial charge < -0.3 is 10.1 Å². The van der Waals surface area contributed by atoms with Gasteiger partial charge in [0.05, 0.1) is 23.8 Å². The number of rotatable bonds is 7. The van der Waals surface area contributed by atoms with E-state index in [1.54, 1.807) is 13.3 Å². The summed E-state index contributed by atoms with van der Waals surface area (Å²) in [5.41, 5.74) is 4.33. The fraction of sp³-hybridized carbons (Fsp3) is 0.421. The molecule has 6 nitrogen and oxygen atoms in total. The van der Waals surface area contributed by atoms with Gasteiger partial charge in [0.15, 0.2) is 9.84 Å². The van der Waals surface area contributed by atoms with E-state index in [4.69, 9.17) is 4.74 Å². The molecule has 1 aliphatic heterocycles. The van der Waals surface area contributed by atoms with Crippen LogP contribution in [0.25, 0.3) is 11.1 Å². The first-order valence-corrected chi connectivity index (χ1v) is 10.6. The third-order valence-corrected chi connectivity index (χ3v) is 6.11. The molecule has 0 saturated carbocycles. The second-order valence-corrected chi connectivity index (χ2v) is 8.81. The van der Waals surface area contributed by atoms with Crippen LogP contribution in [0.15, 0.2) is 42.7 Å². The summed E-state index contributed by atoms with van der Waals surface area (Å²) < 4.78 is 28.1. The van der Waals surface area contributed by atoms with E-state index in [-0.39, 0.29) is 11.5 Å². The minimum Gasteiger partial charge on any atom is -0.383 e. The van der Waals surface area contributed by atoms with Gasteiger partial charge in [-0.2, -0.15) is 0 Å². The number of methoxy groups -OCH3 is 1. The highest BCUT2D eigenvalue weighted by Crippen LogP contribution is 2.22. The number of hydrogen-bond acceptors (Lipinski definition) is 6. The first kappa shape index (κ1) is 18.8. The highest BCUT2D eigenvalue weighted by molar-refractivity contribution is 7.91. The predicted octanol–water partition coefficient (Wildman–Crippen LogP) is 2.04. The van der Waals surface area contributed by atoms with Gasteiger partial charge in [-0.1, -0.05) is 24.3 Å². The van der Waals surface area contributed by atoms with Crippen LogP contribution in [0.5, 0.6) is 0 Å². The number of nitrogens with zero attached hydrogens (tertiary/aromatic N) is 2. The van der Waals surface area contributed by atoms with Gasteiger partial charge in [-0.3, -0.25) is 9.88 Å². The summed E-state index contributed by atoms with van der Waals surface area (Å²) in [5.74, 6) is 0.527. The molecule has 0 radical (unpaired) electrons. The van der Waals surface area contributed by atoms with E-state index < -0.39 is 9.84 Å². The Morgan fingerprint density at radius 3 is 2.54 bits per heavy atom. The Morgan fingerprint density at radius 1 is 1.12 bits per heavy atom. The SMILES string of the molecule is COCCNc1cncc(-c2ccc(CN3CCS(=O)(=O)CC3)cc2)c1. The molecule has 1 saturated heterocycles. The van der Waals surface area contributed by atoms with E-state index in [1.807, 2.05) is 6.20 Å². The minimum absolute atomic E-state index is 0.264. The van der Waals surface area contributed by atoms with Gasteiger partial charge >= 0.3 is 0 Å². The highest BCUT2D eigenvalue weighted by atomic mass is 32.2. The molecule has 3 rings (SSSR count). The monoisotopic (exact) mass is 375 g/mol. The average Bonchev–Trinajstić information content (AvgIpc) is 2.65. The predicted molar refractivity (Wildman–Crippen MR) is 104 cm³/mol. The largest absolute Gasteiger partial charge is 0.383 e. The molecular formula is C19H25N3O3S. The zero-order valence-corrected chi connectivity index (χ0v) is 15.8. The van der Waals surface area contributed by atoms with Crippen molar-refractivity contribution in [2.45, 2.75) is 6.54 Å². The number of hydrogen-bond donors (Lipinski definition) is 1. The number of pyridine rings is 1. The van der Waals surface area contributed by atoms with Crippen LogP contribution >= 0.6 is 0 Å².